The van der Waals surface area contributed by atoms with Crippen LogP contribution in [0.3, 0.4) is 0 Å². The van der Waals surface area contributed by atoms with Gasteiger partial charge in [0, 0.05) is 51.9 Å². The number of nitrogens with one attached hydrogen (secondary N) is 1. The first-order valence-electron chi connectivity index (χ1n) is 9.07. The monoisotopic (exact) mass is 463 g/mol. The Balaban J connectivity index is 0.00000225. The highest BCUT2D eigenvalue weighted by molar-refractivity contribution is 14.0. The average Bonchev–Trinajstić information content (AvgIpc) is 3.29. The van der Waals surface area contributed by atoms with Gasteiger partial charge >= 0.3 is 0 Å². The Labute approximate surface area is 167 Å². The molecule has 2 aliphatic rings. The first-order valence-corrected chi connectivity index (χ1v) is 9.07. The quantitative estimate of drug-likeness (QED) is 0.275. The van der Waals surface area contributed by atoms with Gasteiger partial charge in [-0.05, 0) is 25.7 Å². The lowest BCUT2D eigenvalue weighted by Crippen LogP contribution is -2.52. The van der Waals surface area contributed by atoms with E-state index in [2.05, 4.69) is 27.2 Å². The summed E-state index contributed by atoms with van der Waals surface area (Å²) in [6.07, 6.45) is 4.31. The Bertz CT molecular complexity index is 499. The van der Waals surface area contributed by atoms with E-state index in [1.165, 1.54) is 12.8 Å². The highest BCUT2D eigenvalue weighted by atomic mass is 127. The van der Waals surface area contributed by atoms with Crippen molar-refractivity contribution in [3.63, 3.8) is 0 Å². The maximum atomic E-state index is 5.67. The number of guanidine groups is 1. The van der Waals surface area contributed by atoms with Crippen molar-refractivity contribution >= 4 is 29.9 Å². The van der Waals surface area contributed by atoms with Crippen LogP contribution in [0, 0.1) is 5.92 Å². The topological polar surface area (TPSA) is 66.1 Å². The second kappa shape index (κ2) is 11.0. The summed E-state index contributed by atoms with van der Waals surface area (Å²) < 4.78 is 10.6. The molecule has 0 radical (unpaired) electrons. The number of aromatic nitrogens is 1. The minimum atomic E-state index is 0. The number of nitrogens with zero attached hydrogens (tertiary/aromatic N) is 4. The van der Waals surface area contributed by atoms with Gasteiger partial charge in [-0.1, -0.05) is 5.16 Å². The largest absolute Gasteiger partial charge is 0.379 e. The Hall–Kier alpha value is -0.870. The lowest BCUT2D eigenvalue weighted by atomic mass is 10.3. The molecule has 0 unspecified atom stereocenters. The molecule has 2 fully saturated rings. The molecule has 1 aliphatic carbocycles. The van der Waals surface area contributed by atoms with E-state index < -0.39 is 0 Å². The number of ether oxygens (including phenoxy) is 1. The Morgan fingerprint density at radius 3 is 2.80 bits per heavy atom. The van der Waals surface area contributed by atoms with E-state index in [0.717, 1.165) is 76.6 Å². The summed E-state index contributed by atoms with van der Waals surface area (Å²) >= 11 is 0. The number of aliphatic imine (C=N–C) groups is 1. The number of hydrogen-bond donors (Lipinski definition) is 1. The van der Waals surface area contributed by atoms with Crippen LogP contribution in [0.4, 0.5) is 0 Å². The zero-order chi connectivity index (χ0) is 16.6. The van der Waals surface area contributed by atoms with Crippen molar-refractivity contribution in [1.29, 1.82) is 0 Å². The number of halogens is 1. The molecule has 0 aromatic carbocycles. The third kappa shape index (κ3) is 7.10. The van der Waals surface area contributed by atoms with Crippen molar-refractivity contribution < 1.29 is 9.26 Å². The van der Waals surface area contributed by atoms with Crippen molar-refractivity contribution in [2.24, 2.45) is 10.9 Å². The number of piperazine rings is 1. The molecule has 1 aliphatic heterocycles. The predicted octanol–water partition coefficient (Wildman–Crippen LogP) is 1.80. The van der Waals surface area contributed by atoms with Gasteiger partial charge in [0.25, 0.3) is 0 Å². The van der Waals surface area contributed by atoms with E-state index in [1.807, 2.05) is 6.07 Å². The standard InChI is InChI=1S/C17H29N5O2.HI/c1-2-18-17(19-6-12-23-14-15-3-4-15)22-9-7-21(8-10-22)13-16-5-11-24-20-16;/h5,11,15H,2-4,6-10,12-14H2,1H3,(H,18,19);1H. The fourth-order valence-corrected chi connectivity index (χ4v) is 2.84. The molecule has 0 spiro atoms. The van der Waals surface area contributed by atoms with Crippen LogP contribution in [-0.2, 0) is 11.3 Å². The molecule has 25 heavy (non-hydrogen) atoms. The maximum Gasteiger partial charge on any atom is 0.194 e. The molecule has 1 saturated heterocycles. The van der Waals surface area contributed by atoms with Crippen molar-refractivity contribution in [3.05, 3.63) is 18.0 Å². The van der Waals surface area contributed by atoms with Crippen LogP contribution in [0.5, 0.6) is 0 Å². The smallest absolute Gasteiger partial charge is 0.194 e. The minimum Gasteiger partial charge on any atom is -0.379 e. The van der Waals surface area contributed by atoms with Crippen LogP contribution in [0.1, 0.15) is 25.5 Å². The van der Waals surface area contributed by atoms with E-state index >= 15 is 0 Å². The molecule has 0 bridgehead atoms. The second-order valence-corrected chi connectivity index (χ2v) is 6.51. The zero-order valence-electron chi connectivity index (χ0n) is 15.0. The maximum absolute atomic E-state index is 5.67. The van der Waals surface area contributed by atoms with E-state index in [1.54, 1.807) is 6.26 Å². The van der Waals surface area contributed by atoms with Gasteiger partial charge < -0.3 is 19.5 Å². The fourth-order valence-electron chi connectivity index (χ4n) is 2.84. The van der Waals surface area contributed by atoms with Gasteiger partial charge in [0.15, 0.2) is 5.96 Å². The van der Waals surface area contributed by atoms with Gasteiger partial charge in [-0.15, -0.1) is 24.0 Å². The van der Waals surface area contributed by atoms with Crippen LogP contribution in [0.15, 0.2) is 21.8 Å². The highest BCUT2D eigenvalue weighted by Gasteiger charge is 2.21. The van der Waals surface area contributed by atoms with Gasteiger partial charge in [0.1, 0.15) is 6.26 Å². The summed E-state index contributed by atoms with van der Waals surface area (Å²) in [5.41, 5.74) is 0.997. The van der Waals surface area contributed by atoms with E-state index in [-0.39, 0.29) is 24.0 Å². The van der Waals surface area contributed by atoms with Gasteiger partial charge in [0.2, 0.25) is 0 Å². The third-order valence-electron chi connectivity index (χ3n) is 4.43. The molecule has 1 saturated carbocycles. The summed E-state index contributed by atoms with van der Waals surface area (Å²) in [5.74, 6) is 1.83. The third-order valence-corrected chi connectivity index (χ3v) is 4.43. The second-order valence-electron chi connectivity index (χ2n) is 6.51. The molecule has 1 aromatic heterocycles. The van der Waals surface area contributed by atoms with Gasteiger partial charge in [-0.3, -0.25) is 9.89 Å². The fraction of sp³-hybridized carbons (Fsp3) is 0.765. The van der Waals surface area contributed by atoms with Crippen LogP contribution in [0.2, 0.25) is 0 Å². The van der Waals surface area contributed by atoms with Crippen LogP contribution < -0.4 is 5.32 Å². The molecule has 142 valence electrons. The normalized spacial score (nSPS) is 18.9. The predicted molar refractivity (Wildman–Crippen MR) is 108 cm³/mol. The molecule has 1 N–H and O–H groups in total. The molecular formula is C17H30IN5O2. The summed E-state index contributed by atoms with van der Waals surface area (Å²) in [7, 11) is 0. The van der Waals surface area contributed by atoms with Crippen molar-refractivity contribution in [2.75, 3.05) is 52.5 Å². The van der Waals surface area contributed by atoms with Gasteiger partial charge in [-0.25, -0.2) is 0 Å². The summed E-state index contributed by atoms with van der Waals surface area (Å²) in [5, 5.41) is 7.39. The van der Waals surface area contributed by atoms with E-state index in [0.29, 0.717) is 0 Å². The zero-order valence-corrected chi connectivity index (χ0v) is 17.4. The van der Waals surface area contributed by atoms with Crippen LogP contribution in [0.25, 0.3) is 0 Å². The SMILES string of the molecule is CCNC(=NCCOCC1CC1)N1CCN(Cc2ccon2)CC1.I. The molecule has 1 aromatic rings. The van der Waals surface area contributed by atoms with Crippen molar-refractivity contribution in [1.82, 2.24) is 20.3 Å². The number of hydrogen-bond acceptors (Lipinski definition) is 5. The van der Waals surface area contributed by atoms with E-state index in [4.69, 9.17) is 14.3 Å². The Morgan fingerprint density at radius 2 is 2.16 bits per heavy atom. The lowest BCUT2D eigenvalue weighted by molar-refractivity contribution is 0.131. The highest BCUT2D eigenvalue weighted by Crippen LogP contribution is 2.28. The first-order chi connectivity index (χ1) is 11.8. The molecular weight excluding hydrogens is 433 g/mol. The minimum absolute atomic E-state index is 0. The van der Waals surface area contributed by atoms with E-state index in [9.17, 15) is 0 Å². The lowest BCUT2D eigenvalue weighted by Gasteiger charge is -2.36. The van der Waals surface area contributed by atoms with Crippen molar-refractivity contribution in [3.8, 4) is 0 Å². The first kappa shape index (κ1) is 20.4. The summed E-state index contributed by atoms with van der Waals surface area (Å²) in [4.78, 5) is 9.45. The van der Waals surface area contributed by atoms with Crippen LogP contribution >= 0.6 is 24.0 Å². The molecule has 2 heterocycles. The molecule has 7 nitrogen and oxygen atoms in total. The van der Waals surface area contributed by atoms with Crippen molar-refractivity contribution in [2.45, 2.75) is 26.3 Å². The Kier molecular flexibility index (Phi) is 8.97. The summed E-state index contributed by atoms with van der Waals surface area (Å²) in [6, 6.07) is 1.93. The summed E-state index contributed by atoms with van der Waals surface area (Å²) in [6.45, 7) is 10.2. The average molecular weight is 463 g/mol. The van der Waals surface area contributed by atoms with Crippen LogP contribution in [-0.4, -0.2) is 73.4 Å². The van der Waals surface area contributed by atoms with Gasteiger partial charge in [0.05, 0.1) is 18.8 Å². The molecule has 3 rings (SSSR count). The van der Waals surface area contributed by atoms with Gasteiger partial charge in [-0.2, -0.15) is 0 Å². The Morgan fingerprint density at radius 1 is 1.36 bits per heavy atom. The molecule has 0 amide bonds. The molecule has 8 heteroatoms. The molecule has 0 atom stereocenters. The number of rotatable bonds is 8.